The standard InChI is InChI=1S/C13H10Cl2FN3O/c14-8-4-2-5-9(15)12(8)18-13(20)7-3-1-6-10(16)11(7)19-17/h1-6,19H,17H2,(H,18,20). The van der Waals surface area contributed by atoms with Crippen LogP contribution in [0.15, 0.2) is 36.4 Å². The Morgan fingerprint density at radius 2 is 1.65 bits per heavy atom. The van der Waals surface area contributed by atoms with Gasteiger partial charge in [0.05, 0.1) is 27.0 Å². The zero-order chi connectivity index (χ0) is 14.7. The first kappa shape index (κ1) is 14.6. The minimum Gasteiger partial charge on any atom is -0.321 e. The van der Waals surface area contributed by atoms with Gasteiger partial charge in [0.2, 0.25) is 0 Å². The van der Waals surface area contributed by atoms with Crippen molar-refractivity contribution >= 4 is 40.5 Å². The largest absolute Gasteiger partial charge is 0.321 e. The molecule has 0 aliphatic rings. The molecule has 104 valence electrons. The highest BCUT2D eigenvalue weighted by Gasteiger charge is 2.16. The number of benzene rings is 2. The number of hydrazine groups is 1. The van der Waals surface area contributed by atoms with Gasteiger partial charge < -0.3 is 10.7 Å². The molecular weight excluding hydrogens is 304 g/mol. The maximum Gasteiger partial charge on any atom is 0.258 e. The number of amides is 1. The van der Waals surface area contributed by atoms with Crippen molar-refractivity contribution in [3.05, 3.63) is 57.8 Å². The Kier molecular flexibility index (Phi) is 4.44. The van der Waals surface area contributed by atoms with Crippen LogP contribution in [0.2, 0.25) is 10.0 Å². The number of carbonyl (C=O) groups is 1. The fourth-order valence-electron chi connectivity index (χ4n) is 1.66. The van der Waals surface area contributed by atoms with Gasteiger partial charge in [0, 0.05) is 0 Å². The summed E-state index contributed by atoms with van der Waals surface area (Å²) < 4.78 is 13.5. The van der Waals surface area contributed by atoms with Crippen LogP contribution in [0, 0.1) is 5.82 Å². The maximum atomic E-state index is 13.5. The van der Waals surface area contributed by atoms with Crippen LogP contribution in [0.25, 0.3) is 0 Å². The van der Waals surface area contributed by atoms with Crippen LogP contribution >= 0.6 is 23.2 Å². The molecule has 0 bridgehead atoms. The lowest BCUT2D eigenvalue weighted by molar-refractivity contribution is 0.102. The van der Waals surface area contributed by atoms with Crippen LogP contribution in [0.5, 0.6) is 0 Å². The summed E-state index contributed by atoms with van der Waals surface area (Å²) in [5, 5.41) is 3.10. The molecule has 0 unspecified atom stereocenters. The van der Waals surface area contributed by atoms with Gasteiger partial charge in [0.25, 0.3) is 5.91 Å². The predicted molar refractivity (Wildman–Crippen MR) is 78.6 cm³/mol. The van der Waals surface area contributed by atoms with Crippen molar-refractivity contribution in [2.45, 2.75) is 0 Å². The van der Waals surface area contributed by atoms with Gasteiger partial charge in [-0.2, -0.15) is 0 Å². The summed E-state index contributed by atoms with van der Waals surface area (Å²) in [5.74, 6) is 4.01. The lowest BCUT2D eigenvalue weighted by atomic mass is 10.1. The quantitative estimate of drug-likeness (QED) is 0.598. The van der Waals surface area contributed by atoms with Gasteiger partial charge >= 0.3 is 0 Å². The summed E-state index contributed by atoms with van der Waals surface area (Å²) in [7, 11) is 0. The first-order valence-electron chi connectivity index (χ1n) is 5.55. The van der Waals surface area contributed by atoms with Gasteiger partial charge in [0.1, 0.15) is 5.82 Å². The van der Waals surface area contributed by atoms with E-state index in [0.717, 1.165) is 0 Å². The van der Waals surface area contributed by atoms with E-state index in [1.165, 1.54) is 18.2 Å². The molecule has 0 fully saturated rings. The molecule has 0 saturated carbocycles. The average Bonchev–Trinajstić information content (AvgIpc) is 2.42. The highest BCUT2D eigenvalue weighted by molar-refractivity contribution is 6.40. The minimum atomic E-state index is -0.634. The SMILES string of the molecule is NNc1c(F)cccc1C(=O)Nc1c(Cl)cccc1Cl. The van der Waals surface area contributed by atoms with Gasteiger partial charge in [-0.3, -0.25) is 10.6 Å². The lowest BCUT2D eigenvalue weighted by Gasteiger charge is -2.12. The van der Waals surface area contributed by atoms with E-state index in [-0.39, 0.29) is 27.0 Å². The number of hydrogen-bond donors (Lipinski definition) is 3. The molecule has 7 heteroatoms. The Labute approximate surface area is 124 Å². The van der Waals surface area contributed by atoms with Gasteiger partial charge in [-0.25, -0.2) is 4.39 Å². The number of nitrogens with two attached hydrogens (primary N) is 1. The van der Waals surface area contributed by atoms with E-state index in [9.17, 15) is 9.18 Å². The fraction of sp³-hybridized carbons (Fsp3) is 0. The molecule has 0 heterocycles. The molecule has 2 aromatic carbocycles. The molecule has 1 amide bonds. The molecule has 4 N–H and O–H groups in total. The van der Waals surface area contributed by atoms with E-state index in [1.54, 1.807) is 18.2 Å². The predicted octanol–water partition coefficient (Wildman–Crippen LogP) is 3.67. The van der Waals surface area contributed by atoms with E-state index in [1.807, 2.05) is 0 Å². The van der Waals surface area contributed by atoms with E-state index < -0.39 is 11.7 Å². The van der Waals surface area contributed by atoms with Gasteiger partial charge in [-0.1, -0.05) is 35.3 Å². The number of hydrogen-bond acceptors (Lipinski definition) is 3. The van der Waals surface area contributed by atoms with E-state index in [4.69, 9.17) is 29.0 Å². The zero-order valence-corrected chi connectivity index (χ0v) is 11.6. The Hall–Kier alpha value is -1.82. The summed E-state index contributed by atoms with van der Waals surface area (Å²) >= 11 is 11.9. The van der Waals surface area contributed by atoms with Crippen LogP contribution in [0.4, 0.5) is 15.8 Å². The Morgan fingerprint density at radius 1 is 1.05 bits per heavy atom. The van der Waals surface area contributed by atoms with Gasteiger partial charge in [-0.05, 0) is 24.3 Å². The first-order chi connectivity index (χ1) is 9.54. The van der Waals surface area contributed by atoms with Gasteiger partial charge in [-0.15, -0.1) is 0 Å². The second kappa shape index (κ2) is 6.09. The summed E-state index contributed by atoms with van der Waals surface area (Å²) in [6.07, 6.45) is 0. The molecular formula is C13H10Cl2FN3O. The molecule has 0 atom stereocenters. The van der Waals surface area contributed by atoms with Crippen molar-refractivity contribution in [2.24, 2.45) is 5.84 Å². The van der Waals surface area contributed by atoms with Gasteiger partial charge in [0.15, 0.2) is 0 Å². The molecule has 0 aliphatic carbocycles. The Bertz CT molecular complexity index is 644. The van der Waals surface area contributed by atoms with Crippen LogP contribution in [0.3, 0.4) is 0 Å². The molecule has 0 aromatic heterocycles. The summed E-state index contributed by atoms with van der Waals surface area (Å²) in [6.45, 7) is 0. The van der Waals surface area contributed by atoms with Crippen molar-refractivity contribution in [3.63, 3.8) is 0 Å². The Balaban J connectivity index is 2.36. The van der Waals surface area contributed by atoms with Crippen LogP contribution in [-0.4, -0.2) is 5.91 Å². The molecule has 20 heavy (non-hydrogen) atoms. The zero-order valence-electron chi connectivity index (χ0n) is 10.1. The summed E-state index contributed by atoms with van der Waals surface area (Å²) in [4.78, 5) is 12.2. The highest BCUT2D eigenvalue weighted by atomic mass is 35.5. The summed E-state index contributed by atoms with van der Waals surface area (Å²) in [6, 6.07) is 8.83. The third-order valence-electron chi connectivity index (χ3n) is 2.60. The molecule has 4 nitrogen and oxygen atoms in total. The van der Waals surface area contributed by atoms with Crippen molar-refractivity contribution in [2.75, 3.05) is 10.7 Å². The molecule has 0 spiro atoms. The monoisotopic (exact) mass is 313 g/mol. The fourth-order valence-corrected chi connectivity index (χ4v) is 2.15. The number of para-hydroxylation sites is 2. The van der Waals surface area contributed by atoms with E-state index in [2.05, 4.69) is 10.7 Å². The Morgan fingerprint density at radius 3 is 2.25 bits per heavy atom. The number of nitrogens with one attached hydrogen (secondary N) is 2. The second-order valence-electron chi connectivity index (χ2n) is 3.86. The third-order valence-corrected chi connectivity index (χ3v) is 3.23. The molecule has 2 rings (SSSR count). The maximum absolute atomic E-state index is 13.5. The number of carbonyl (C=O) groups excluding carboxylic acids is 1. The normalized spacial score (nSPS) is 10.2. The molecule has 0 aliphatic heterocycles. The van der Waals surface area contributed by atoms with E-state index in [0.29, 0.717) is 0 Å². The highest BCUT2D eigenvalue weighted by Crippen LogP contribution is 2.31. The second-order valence-corrected chi connectivity index (χ2v) is 4.67. The minimum absolute atomic E-state index is 0.0449. The van der Waals surface area contributed by atoms with Crippen molar-refractivity contribution in [1.82, 2.24) is 0 Å². The number of rotatable bonds is 3. The van der Waals surface area contributed by atoms with Crippen molar-refractivity contribution in [3.8, 4) is 0 Å². The molecule has 0 radical (unpaired) electrons. The number of halogens is 3. The summed E-state index contributed by atoms with van der Waals surface area (Å²) in [5.41, 5.74) is 2.36. The number of nitrogen functional groups attached to an aromatic ring is 1. The average molecular weight is 314 g/mol. The third kappa shape index (κ3) is 2.85. The van der Waals surface area contributed by atoms with Crippen molar-refractivity contribution in [1.29, 1.82) is 0 Å². The van der Waals surface area contributed by atoms with Crippen LogP contribution in [0.1, 0.15) is 10.4 Å². The smallest absolute Gasteiger partial charge is 0.258 e. The van der Waals surface area contributed by atoms with Crippen LogP contribution < -0.4 is 16.6 Å². The topological polar surface area (TPSA) is 67.1 Å². The number of anilines is 2. The van der Waals surface area contributed by atoms with Crippen LogP contribution in [-0.2, 0) is 0 Å². The first-order valence-corrected chi connectivity index (χ1v) is 6.30. The lowest BCUT2D eigenvalue weighted by Crippen LogP contribution is -2.18. The molecule has 2 aromatic rings. The van der Waals surface area contributed by atoms with Crippen molar-refractivity contribution < 1.29 is 9.18 Å². The van der Waals surface area contributed by atoms with E-state index >= 15 is 0 Å². The molecule has 0 saturated heterocycles.